The molecule has 1 aromatic heterocycles. The number of hydrogen-bond acceptors (Lipinski definition) is 2. The second-order valence-electron chi connectivity index (χ2n) is 3.97. The van der Waals surface area contributed by atoms with Gasteiger partial charge >= 0.3 is 0 Å². The molecule has 0 bridgehead atoms. The molecule has 0 saturated heterocycles. The molecule has 100 valence electrons. The van der Waals surface area contributed by atoms with Gasteiger partial charge in [0.2, 0.25) is 0 Å². The second kappa shape index (κ2) is 5.79. The average Bonchev–Trinajstić information content (AvgIpc) is 2.74. The molecule has 1 N–H and O–H groups in total. The first-order valence-corrected chi connectivity index (χ1v) is 7.05. The molecule has 19 heavy (non-hydrogen) atoms. The Morgan fingerprint density at radius 2 is 2.16 bits per heavy atom. The van der Waals surface area contributed by atoms with E-state index in [0.29, 0.717) is 10.5 Å². The van der Waals surface area contributed by atoms with Crippen molar-refractivity contribution in [1.29, 1.82) is 0 Å². The molecule has 0 aliphatic heterocycles. The maximum atomic E-state index is 13.9. The average molecular weight is 346 g/mol. The maximum Gasteiger partial charge on any atom is 0.265 e. The monoisotopic (exact) mass is 345 g/mol. The Morgan fingerprint density at radius 1 is 1.42 bits per heavy atom. The highest BCUT2D eigenvalue weighted by molar-refractivity contribution is 9.11. The third-order valence-electron chi connectivity index (χ3n) is 2.48. The number of amides is 1. The number of nitrogens with one attached hydrogen (secondary N) is 1. The lowest BCUT2D eigenvalue weighted by Gasteiger charge is -2.10. The molecule has 0 radical (unpaired) electrons. The van der Waals surface area contributed by atoms with Gasteiger partial charge in [-0.25, -0.2) is 8.78 Å². The van der Waals surface area contributed by atoms with Gasteiger partial charge in [-0.05, 0) is 47.1 Å². The van der Waals surface area contributed by atoms with E-state index >= 15 is 0 Å². The van der Waals surface area contributed by atoms with Crippen LogP contribution in [0.15, 0.2) is 51.2 Å². The van der Waals surface area contributed by atoms with Gasteiger partial charge in [0.1, 0.15) is 5.83 Å². The fraction of sp³-hybridized carbons (Fsp3) is 0.154. The van der Waals surface area contributed by atoms with Gasteiger partial charge in [0.25, 0.3) is 5.91 Å². The van der Waals surface area contributed by atoms with Crippen molar-refractivity contribution < 1.29 is 13.6 Å². The van der Waals surface area contributed by atoms with Crippen LogP contribution in [0.5, 0.6) is 0 Å². The molecule has 1 atom stereocenters. The van der Waals surface area contributed by atoms with Crippen LogP contribution in [0.25, 0.3) is 0 Å². The molecule has 6 heteroatoms. The van der Waals surface area contributed by atoms with Crippen LogP contribution in [0.3, 0.4) is 0 Å². The first kappa shape index (κ1) is 14.1. The Morgan fingerprint density at radius 3 is 2.79 bits per heavy atom. The van der Waals surface area contributed by atoms with Gasteiger partial charge in [0.05, 0.1) is 14.4 Å². The number of rotatable bonds is 2. The molecule has 2 rings (SSSR count). The highest BCUT2D eigenvalue weighted by Gasteiger charge is 2.21. The predicted molar refractivity (Wildman–Crippen MR) is 75.4 cm³/mol. The summed E-state index contributed by atoms with van der Waals surface area (Å²) in [4.78, 5) is 12.3. The fourth-order valence-electron chi connectivity index (χ4n) is 1.54. The maximum absolute atomic E-state index is 13.9. The van der Waals surface area contributed by atoms with Crippen LogP contribution in [-0.2, 0) is 0 Å². The molecule has 0 aromatic carbocycles. The number of carbonyl (C=O) groups excluding carboxylic acids is 1. The van der Waals surface area contributed by atoms with Crippen molar-refractivity contribution in [2.24, 2.45) is 0 Å². The summed E-state index contributed by atoms with van der Waals surface area (Å²) in [5.74, 6) is -1.30. The summed E-state index contributed by atoms with van der Waals surface area (Å²) < 4.78 is 28.3. The molecule has 0 fully saturated rings. The summed E-state index contributed by atoms with van der Waals surface area (Å²) in [5.41, 5.74) is 0.244. The van der Waals surface area contributed by atoms with Crippen molar-refractivity contribution in [2.75, 3.05) is 0 Å². The molecule has 1 aliphatic rings. The van der Waals surface area contributed by atoms with Crippen LogP contribution in [0, 0.1) is 0 Å². The number of hydrogen-bond donors (Lipinski definition) is 1. The third kappa shape index (κ3) is 3.39. The van der Waals surface area contributed by atoms with E-state index in [1.54, 1.807) is 19.1 Å². The van der Waals surface area contributed by atoms with Crippen LogP contribution >= 0.6 is 27.3 Å². The van der Waals surface area contributed by atoms with Crippen molar-refractivity contribution in [1.82, 2.24) is 5.32 Å². The van der Waals surface area contributed by atoms with E-state index in [4.69, 9.17) is 0 Å². The summed E-state index contributed by atoms with van der Waals surface area (Å²) in [7, 11) is 0. The van der Waals surface area contributed by atoms with E-state index in [2.05, 4.69) is 21.2 Å². The van der Waals surface area contributed by atoms with Crippen LogP contribution in [0.2, 0.25) is 0 Å². The van der Waals surface area contributed by atoms with Gasteiger partial charge in [-0.1, -0.05) is 11.6 Å². The van der Waals surface area contributed by atoms with Crippen LogP contribution < -0.4 is 5.32 Å². The standard InChI is InChI=1S/C13H10BrF2NOS/c1-7-2-3-8(15)12(9(16)6-7)17-13(18)10-4-5-11(14)19-10/h2-6,9H,1H3,(H,17,18). The van der Waals surface area contributed by atoms with E-state index in [0.717, 1.165) is 9.86 Å². The van der Waals surface area contributed by atoms with Gasteiger partial charge in [-0.15, -0.1) is 11.3 Å². The number of halogens is 3. The van der Waals surface area contributed by atoms with Crippen molar-refractivity contribution in [3.63, 3.8) is 0 Å². The van der Waals surface area contributed by atoms with Crippen molar-refractivity contribution in [2.45, 2.75) is 13.1 Å². The molecule has 1 heterocycles. The van der Waals surface area contributed by atoms with Gasteiger partial charge < -0.3 is 5.32 Å². The van der Waals surface area contributed by atoms with Gasteiger partial charge in [-0.2, -0.15) is 0 Å². The van der Waals surface area contributed by atoms with Gasteiger partial charge in [0, 0.05) is 0 Å². The number of carbonyl (C=O) groups is 1. The van der Waals surface area contributed by atoms with Crippen molar-refractivity contribution >= 4 is 33.2 Å². The molecule has 0 saturated carbocycles. The van der Waals surface area contributed by atoms with E-state index in [-0.39, 0.29) is 5.70 Å². The lowest BCUT2D eigenvalue weighted by atomic mass is 10.2. The van der Waals surface area contributed by atoms with E-state index in [9.17, 15) is 13.6 Å². The fourth-order valence-corrected chi connectivity index (χ4v) is 2.83. The molecule has 0 spiro atoms. The van der Waals surface area contributed by atoms with Gasteiger partial charge in [-0.3, -0.25) is 4.79 Å². The minimum Gasteiger partial charge on any atom is -0.319 e. The largest absolute Gasteiger partial charge is 0.319 e. The summed E-state index contributed by atoms with van der Waals surface area (Å²) in [5, 5.41) is 2.29. The Kier molecular flexibility index (Phi) is 4.31. The number of allylic oxidation sites excluding steroid dienone is 5. The zero-order chi connectivity index (χ0) is 14.0. The second-order valence-corrected chi connectivity index (χ2v) is 6.43. The highest BCUT2D eigenvalue weighted by Crippen LogP contribution is 2.24. The Bertz CT molecular complexity index is 604. The third-order valence-corrected chi connectivity index (χ3v) is 4.10. The highest BCUT2D eigenvalue weighted by atomic mass is 79.9. The number of thiophene rings is 1. The van der Waals surface area contributed by atoms with Gasteiger partial charge in [0.15, 0.2) is 6.17 Å². The smallest absolute Gasteiger partial charge is 0.265 e. The normalized spacial score (nSPS) is 19.2. The zero-order valence-corrected chi connectivity index (χ0v) is 12.3. The quantitative estimate of drug-likeness (QED) is 0.851. The first-order valence-electron chi connectivity index (χ1n) is 5.44. The van der Waals surface area contributed by atoms with Crippen LogP contribution in [0.4, 0.5) is 8.78 Å². The summed E-state index contributed by atoms with van der Waals surface area (Å²) in [6, 6.07) is 3.29. The van der Waals surface area contributed by atoms with Crippen molar-refractivity contribution in [3.05, 3.63) is 56.1 Å². The summed E-state index contributed by atoms with van der Waals surface area (Å²) in [6.45, 7) is 1.66. The minimum atomic E-state index is -1.66. The lowest BCUT2D eigenvalue weighted by Crippen LogP contribution is -2.27. The summed E-state index contributed by atoms with van der Waals surface area (Å²) >= 11 is 4.42. The lowest BCUT2D eigenvalue weighted by molar-refractivity contribution is 0.0963. The van der Waals surface area contributed by atoms with E-state index in [1.165, 1.54) is 23.5 Å². The minimum absolute atomic E-state index is 0.359. The molecule has 1 unspecified atom stereocenters. The Balaban J connectivity index is 2.22. The first-order chi connectivity index (χ1) is 8.97. The Labute approximate surface area is 121 Å². The molecular weight excluding hydrogens is 336 g/mol. The van der Waals surface area contributed by atoms with Crippen molar-refractivity contribution in [3.8, 4) is 0 Å². The molecule has 1 aliphatic carbocycles. The molecule has 2 nitrogen and oxygen atoms in total. The topological polar surface area (TPSA) is 29.1 Å². The molecule has 1 aromatic rings. The molecular formula is C13H10BrF2NOS. The number of alkyl halides is 1. The van der Waals surface area contributed by atoms with Crippen LogP contribution in [-0.4, -0.2) is 12.1 Å². The Hall–Kier alpha value is -1.27. The SMILES string of the molecule is CC1=CC(F)C(NC(=O)c2ccc(Br)s2)=C(F)C=C1. The van der Waals surface area contributed by atoms with Crippen LogP contribution in [0.1, 0.15) is 16.6 Å². The zero-order valence-electron chi connectivity index (χ0n) is 9.91. The van der Waals surface area contributed by atoms with E-state index in [1.807, 2.05) is 0 Å². The molecule has 1 amide bonds. The summed E-state index contributed by atoms with van der Waals surface area (Å²) in [6.07, 6.45) is 2.19. The van der Waals surface area contributed by atoms with E-state index < -0.39 is 17.9 Å². The predicted octanol–water partition coefficient (Wildman–Crippen LogP) is 4.28.